The third-order valence-corrected chi connectivity index (χ3v) is 3.71. The molecule has 110 valence electrons. The molecule has 1 aromatic carbocycles. The average molecular weight is 315 g/mol. The topological polar surface area (TPSA) is 112 Å². The average Bonchev–Trinajstić information content (AvgIpc) is 3.06. The van der Waals surface area contributed by atoms with E-state index >= 15 is 0 Å². The number of benzene rings is 1. The third kappa shape index (κ3) is 2.77. The number of nitrogens with zero attached hydrogens (tertiary/aromatic N) is 2. The molecule has 7 nitrogen and oxygen atoms in total. The lowest BCUT2D eigenvalue weighted by Gasteiger charge is -1.96. The van der Waals surface area contributed by atoms with Crippen LogP contribution in [-0.4, -0.2) is 16.0 Å². The largest absolute Gasteiger partial charge is 0.457 e. The molecule has 0 spiro atoms. The zero-order valence-electron chi connectivity index (χ0n) is 11.1. The molecule has 2 heterocycles. The van der Waals surface area contributed by atoms with Crippen molar-refractivity contribution in [3.8, 4) is 11.3 Å². The summed E-state index contributed by atoms with van der Waals surface area (Å²) < 4.78 is 5.61. The van der Waals surface area contributed by atoms with Crippen LogP contribution in [-0.2, 0) is 4.79 Å². The van der Waals surface area contributed by atoms with Gasteiger partial charge in [-0.05, 0) is 36.0 Å². The van der Waals surface area contributed by atoms with Gasteiger partial charge in [0.15, 0.2) is 5.17 Å². The number of nitro groups is 1. The first-order chi connectivity index (χ1) is 10.5. The molecule has 2 aromatic rings. The van der Waals surface area contributed by atoms with Crippen LogP contribution >= 0.6 is 11.8 Å². The molecule has 22 heavy (non-hydrogen) atoms. The quantitative estimate of drug-likeness (QED) is 0.529. The summed E-state index contributed by atoms with van der Waals surface area (Å²) in [4.78, 5) is 25.7. The van der Waals surface area contributed by atoms with Gasteiger partial charge in [0.05, 0.1) is 9.83 Å². The summed E-state index contributed by atoms with van der Waals surface area (Å²) in [6.07, 6.45) is 1.56. The minimum atomic E-state index is -0.463. The normalized spacial score (nSPS) is 16.1. The number of non-ortho nitro benzene ring substituents is 1. The van der Waals surface area contributed by atoms with Gasteiger partial charge in [0, 0.05) is 23.8 Å². The van der Waals surface area contributed by atoms with E-state index in [2.05, 4.69) is 4.99 Å². The second-order valence-corrected chi connectivity index (χ2v) is 5.43. The van der Waals surface area contributed by atoms with Crippen molar-refractivity contribution in [3.63, 3.8) is 0 Å². The number of aliphatic imine (C=N–C) groups is 1. The molecule has 1 aliphatic rings. The molecule has 0 saturated heterocycles. The number of thioether (sulfide) groups is 1. The maximum atomic E-state index is 11.5. The molecule has 0 unspecified atom stereocenters. The summed E-state index contributed by atoms with van der Waals surface area (Å²) in [6, 6.07) is 9.44. The molecular weight excluding hydrogens is 306 g/mol. The van der Waals surface area contributed by atoms with Gasteiger partial charge in [-0.25, -0.2) is 0 Å². The fourth-order valence-corrected chi connectivity index (χ4v) is 2.55. The van der Waals surface area contributed by atoms with Gasteiger partial charge in [0.25, 0.3) is 11.6 Å². The first-order valence-electron chi connectivity index (χ1n) is 6.15. The Morgan fingerprint density at radius 2 is 1.95 bits per heavy atom. The van der Waals surface area contributed by atoms with E-state index in [9.17, 15) is 14.9 Å². The van der Waals surface area contributed by atoms with E-state index in [0.717, 1.165) is 11.8 Å². The number of hydrogen-bond donors (Lipinski definition) is 1. The summed E-state index contributed by atoms with van der Waals surface area (Å²) in [7, 11) is 0. The van der Waals surface area contributed by atoms with Gasteiger partial charge in [0.1, 0.15) is 11.5 Å². The minimum Gasteiger partial charge on any atom is -0.457 e. The number of carbonyl (C=O) groups is 1. The van der Waals surface area contributed by atoms with Gasteiger partial charge in [0.2, 0.25) is 0 Å². The van der Waals surface area contributed by atoms with Crippen molar-refractivity contribution in [2.24, 2.45) is 10.7 Å². The van der Waals surface area contributed by atoms with E-state index in [0.29, 0.717) is 22.0 Å². The highest BCUT2D eigenvalue weighted by molar-refractivity contribution is 8.18. The molecule has 0 saturated carbocycles. The predicted molar refractivity (Wildman–Crippen MR) is 83.0 cm³/mol. The smallest absolute Gasteiger partial charge is 0.286 e. The SMILES string of the molecule is NC1=NC(=O)C(=Cc2ccc(-c3ccc([N+](=O)[O-])cc3)o2)S1. The van der Waals surface area contributed by atoms with E-state index in [1.54, 1.807) is 30.3 Å². The fourth-order valence-electron chi connectivity index (χ4n) is 1.89. The van der Waals surface area contributed by atoms with Gasteiger partial charge < -0.3 is 10.2 Å². The van der Waals surface area contributed by atoms with Crippen LogP contribution in [0.2, 0.25) is 0 Å². The predicted octanol–water partition coefficient (Wildman–Crippen LogP) is 2.78. The van der Waals surface area contributed by atoms with Crippen LogP contribution < -0.4 is 5.73 Å². The maximum Gasteiger partial charge on any atom is 0.286 e. The number of furan rings is 1. The van der Waals surface area contributed by atoms with Crippen molar-refractivity contribution in [2.75, 3.05) is 0 Å². The zero-order chi connectivity index (χ0) is 15.7. The van der Waals surface area contributed by atoms with Crippen LogP contribution in [0.15, 0.2) is 50.7 Å². The Hall–Kier alpha value is -2.87. The lowest BCUT2D eigenvalue weighted by atomic mass is 10.1. The molecule has 1 aromatic heterocycles. The van der Waals surface area contributed by atoms with Crippen LogP contribution in [0, 0.1) is 10.1 Å². The van der Waals surface area contributed by atoms with E-state index < -0.39 is 10.8 Å². The number of nitrogens with two attached hydrogens (primary N) is 1. The van der Waals surface area contributed by atoms with Crippen molar-refractivity contribution in [1.29, 1.82) is 0 Å². The first-order valence-corrected chi connectivity index (χ1v) is 6.97. The van der Waals surface area contributed by atoms with Gasteiger partial charge in [-0.15, -0.1) is 0 Å². The Labute approximate surface area is 128 Å². The molecule has 0 radical (unpaired) electrons. The second kappa shape index (κ2) is 5.49. The number of amidine groups is 1. The lowest BCUT2D eigenvalue weighted by Crippen LogP contribution is -2.01. The third-order valence-electron chi connectivity index (χ3n) is 2.90. The Morgan fingerprint density at radius 3 is 2.55 bits per heavy atom. The second-order valence-electron chi connectivity index (χ2n) is 4.37. The molecule has 0 atom stereocenters. The van der Waals surface area contributed by atoms with E-state index in [1.807, 2.05) is 0 Å². The van der Waals surface area contributed by atoms with Gasteiger partial charge in [-0.1, -0.05) is 0 Å². The molecule has 0 fully saturated rings. The summed E-state index contributed by atoms with van der Waals surface area (Å²) in [5, 5.41) is 10.8. The molecule has 1 aliphatic heterocycles. The summed E-state index contributed by atoms with van der Waals surface area (Å²) in [5.41, 5.74) is 6.19. The summed E-state index contributed by atoms with van der Waals surface area (Å²) in [6.45, 7) is 0. The molecule has 0 aliphatic carbocycles. The molecule has 1 amide bonds. The highest BCUT2D eigenvalue weighted by Gasteiger charge is 2.20. The minimum absolute atomic E-state index is 0.0122. The van der Waals surface area contributed by atoms with Gasteiger partial charge >= 0.3 is 0 Å². The number of hydrogen-bond acceptors (Lipinski definition) is 6. The highest BCUT2D eigenvalue weighted by Crippen LogP contribution is 2.29. The van der Waals surface area contributed by atoms with Crippen molar-refractivity contribution in [2.45, 2.75) is 0 Å². The summed E-state index contributed by atoms with van der Waals surface area (Å²) in [5.74, 6) is 0.635. The van der Waals surface area contributed by atoms with Gasteiger partial charge in [-0.2, -0.15) is 4.99 Å². The Balaban J connectivity index is 1.84. The number of rotatable bonds is 3. The Morgan fingerprint density at radius 1 is 1.23 bits per heavy atom. The van der Waals surface area contributed by atoms with E-state index in [-0.39, 0.29) is 10.9 Å². The number of amides is 1. The highest BCUT2D eigenvalue weighted by atomic mass is 32.2. The van der Waals surface area contributed by atoms with Crippen molar-refractivity contribution < 1.29 is 14.1 Å². The van der Waals surface area contributed by atoms with Crippen LogP contribution in [0.25, 0.3) is 17.4 Å². The van der Waals surface area contributed by atoms with Crippen molar-refractivity contribution >= 4 is 34.6 Å². The molecule has 0 bridgehead atoms. The molecule has 8 heteroatoms. The van der Waals surface area contributed by atoms with Crippen molar-refractivity contribution in [1.82, 2.24) is 0 Å². The number of nitro benzene ring substituents is 1. The molecular formula is C14H9N3O4S. The van der Waals surface area contributed by atoms with Crippen LogP contribution in [0.4, 0.5) is 5.69 Å². The fraction of sp³-hybridized carbons (Fsp3) is 0. The standard InChI is InChI=1S/C14H9N3O4S/c15-14-16-13(18)12(22-14)7-10-5-6-11(21-10)8-1-3-9(4-2-8)17(19)20/h1-7H,(H2,15,16,18). The summed E-state index contributed by atoms with van der Waals surface area (Å²) >= 11 is 1.08. The monoisotopic (exact) mass is 315 g/mol. The maximum absolute atomic E-state index is 11.5. The lowest BCUT2D eigenvalue weighted by molar-refractivity contribution is -0.384. The number of carbonyl (C=O) groups excluding carboxylic acids is 1. The molecule has 2 N–H and O–H groups in total. The first kappa shape index (κ1) is 14.1. The van der Waals surface area contributed by atoms with E-state index in [4.69, 9.17) is 10.2 Å². The Bertz CT molecular complexity index is 821. The van der Waals surface area contributed by atoms with Crippen LogP contribution in [0.5, 0.6) is 0 Å². The van der Waals surface area contributed by atoms with Crippen LogP contribution in [0.1, 0.15) is 5.76 Å². The molecule has 3 rings (SSSR count). The van der Waals surface area contributed by atoms with Crippen molar-refractivity contribution in [3.05, 3.63) is 57.2 Å². The van der Waals surface area contributed by atoms with E-state index in [1.165, 1.54) is 12.1 Å². The van der Waals surface area contributed by atoms with Gasteiger partial charge in [-0.3, -0.25) is 14.9 Å². The Kier molecular flexibility index (Phi) is 3.51. The zero-order valence-corrected chi connectivity index (χ0v) is 11.9. The van der Waals surface area contributed by atoms with Crippen LogP contribution in [0.3, 0.4) is 0 Å².